The van der Waals surface area contributed by atoms with E-state index >= 15 is 0 Å². The quantitative estimate of drug-likeness (QED) is 0.830. The second-order valence-corrected chi connectivity index (χ2v) is 4.30. The first-order valence-electron chi connectivity index (χ1n) is 5.22. The molecule has 0 spiro atoms. The van der Waals surface area contributed by atoms with Gasteiger partial charge in [0, 0.05) is 24.9 Å². The minimum absolute atomic E-state index is 0.440. The molecule has 0 aliphatic carbocycles. The van der Waals surface area contributed by atoms with Gasteiger partial charge in [-0.05, 0) is 18.1 Å². The lowest BCUT2D eigenvalue weighted by atomic mass is 10.1. The number of aryl methyl sites for hydroxylation is 1. The Hall–Kier alpha value is -1.43. The highest BCUT2D eigenvalue weighted by atomic mass is 32.1. The Bertz CT molecular complexity index is 497. The van der Waals surface area contributed by atoms with Crippen molar-refractivity contribution in [3.05, 3.63) is 28.9 Å². The van der Waals surface area contributed by atoms with Gasteiger partial charge in [0.1, 0.15) is 0 Å². The summed E-state index contributed by atoms with van der Waals surface area (Å²) in [4.78, 5) is 7.04. The number of H-pyrrole nitrogens is 1. The van der Waals surface area contributed by atoms with E-state index in [9.17, 15) is 0 Å². The van der Waals surface area contributed by atoms with E-state index in [0.29, 0.717) is 18.2 Å². The minimum Gasteiger partial charge on any atom is -0.340 e. The third-order valence-electron chi connectivity index (χ3n) is 2.45. The van der Waals surface area contributed by atoms with Crippen LogP contribution in [0.1, 0.15) is 31.4 Å². The number of rotatable bonds is 4. The van der Waals surface area contributed by atoms with Gasteiger partial charge in [-0.1, -0.05) is 19.0 Å². The third kappa shape index (κ3) is 2.21. The van der Waals surface area contributed by atoms with Crippen LogP contribution in [0.3, 0.4) is 0 Å². The molecule has 16 heavy (non-hydrogen) atoms. The van der Waals surface area contributed by atoms with E-state index in [1.807, 2.05) is 6.20 Å². The Morgan fingerprint density at radius 2 is 2.38 bits per heavy atom. The number of nitrogens with one attached hydrogen (secondary N) is 1. The lowest BCUT2D eigenvalue weighted by molar-refractivity contribution is 0.369. The van der Waals surface area contributed by atoms with Gasteiger partial charge in [-0.3, -0.25) is 0 Å². The molecular weight excluding hydrogens is 224 g/mol. The number of aromatic amines is 1. The molecule has 2 rings (SSSR count). The Morgan fingerprint density at radius 3 is 3.00 bits per heavy atom. The van der Waals surface area contributed by atoms with Crippen LogP contribution in [0.15, 0.2) is 17.0 Å². The van der Waals surface area contributed by atoms with Crippen LogP contribution in [0.25, 0.3) is 0 Å². The molecule has 0 bridgehead atoms. The molecule has 0 saturated carbocycles. The average molecular weight is 238 g/mol. The van der Waals surface area contributed by atoms with Gasteiger partial charge in [0.15, 0.2) is 11.1 Å². The fraction of sp³-hybridized carbons (Fsp3) is 0.500. The summed E-state index contributed by atoms with van der Waals surface area (Å²) in [5.74, 6) is 1.08. The Morgan fingerprint density at radius 1 is 1.56 bits per heavy atom. The largest absolute Gasteiger partial charge is 0.340 e. The summed E-state index contributed by atoms with van der Waals surface area (Å²) >= 11 is 5.23. The first-order valence-corrected chi connectivity index (χ1v) is 5.63. The number of hydrogen-bond acceptors (Lipinski definition) is 4. The minimum atomic E-state index is 0.440. The zero-order valence-electron chi connectivity index (χ0n) is 9.30. The second kappa shape index (κ2) is 4.61. The van der Waals surface area contributed by atoms with Gasteiger partial charge < -0.3 is 14.1 Å². The molecule has 0 atom stereocenters. The highest BCUT2D eigenvalue weighted by molar-refractivity contribution is 7.71. The van der Waals surface area contributed by atoms with Crippen molar-refractivity contribution in [2.75, 3.05) is 0 Å². The van der Waals surface area contributed by atoms with Crippen molar-refractivity contribution in [2.24, 2.45) is 0 Å². The summed E-state index contributed by atoms with van der Waals surface area (Å²) in [6, 6.07) is 0. The normalized spacial score (nSPS) is 11.2. The number of imidazole rings is 1. The summed E-state index contributed by atoms with van der Waals surface area (Å²) < 4.78 is 7.77. The van der Waals surface area contributed by atoms with Crippen molar-refractivity contribution in [3.63, 3.8) is 0 Å². The zero-order chi connectivity index (χ0) is 11.5. The molecule has 0 fully saturated rings. The SMILES string of the molecule is CC(C)c1c[nH]c(=S)n1CCc1ncno1. The van der Waals surface area contributed by atoms with Gasteiger partial charge in [0.25, 0.3) is 0 Å². The molecule has 0 saturated heterocycles. The van der Waals surface area contributed by atoms with E-state index in [1.165, 1.54) is 12.0 Å². The van der Waals surface area contributed by atoms with Crippen LogP contribution >= 0.6 is 12.2 Å². The standard InChI is InChI=1S/C10H14N4OS/c1-7(2)8-5-11-10(16)14(8)4-3-9-12-6-13-15-9/h5-7H,3-4H2,1-2H3,(H,11,16). The molecule has 6 heteroatoms. The maximum Gasteiger partial charge on any atom is 0.228 e. The predicted molar refractivity (Wildman–Crippen MR) is 61.7 cm³/mol. The predicted octanol–water partition coefficient (Wildman–Crippen LogP) is 2.29. The summed E-state index contributed by atoms with van der Waals surface area (Å²) in [7, 11) is 0. The van der Waals surface area contributed by atoms with Crippen molar-refractivity contribution in [1.29, 1.82) is 0 Å². The Kier molecular flexibility index (Phi) is 3.19. The maximum atomic E-state index is 5.23. The summed E-state index contributed by atoms with van der Waals surface area (Å²) in [6.07, 6.45) is 4.07. The van der Waals surface area contributed by atoms with E-state index in [1.54, 1.807) is 0 Å². The van der Waals surface area contributed by atoms with Crippen molar-refractivity contribution in [1.82, 2.24) is 19.7 Å². The number of nitrogens with zero attached hydrogens (tertiary/aromatic N) is 3. The lowest BCUT2D eigenvalue weighted by Gasteiger charge is -2.09. The number of hydrogen-bond donors (Lipinski definition) is 1. The van der Waals surface area contributed by atoms with Gasteiger partial charge in [-0.2, -0.15) is 4.98 Å². The molecule has 86 valence electrons. The topological polar surface area (TPSA) is 59.6 Å². The molecular formula is C10H14N4OS. The molecule has 2 aromatic heterocycles. The molecule has 0 aliphatic rings. The fourth-order valence-corrected chi connectivity index (χ4v) is 1.89. The smallest absolute Gasteiger partial charge is 0.228 e. The molecule has 5 nitrogen and oxygen atoms in total. The molecule has 0 unspecified atom stereocenters. The molecule has 2 aromatic rings. The van der Waals surface area contributed by atoms with E-state index in [2.05, 4.69) is 33.5 Å². The molecule has 0 amide bonds. The van der Waals surface area contributed by atoms with Crippen LogP contribution in [-0.4, -0.2) is 19.7 Å². The van der Waals surface area contributed by atoms with Crippen molar-refractivity contribution >= 4 is 12.2 Å². The van der Waals surface area contributed by atoms with Gasteiger partial charge in [-0.25, -0.2) is 0 Å². The summed E-state index contributed by atoms with van der Waals surface area (Å²) in [5.41, 5.74) is 1.20. The molecule has 2 heterocycles. The van der Waals surface area contributed by atoms with E-state index in [0.717, 1.165) is 11.3 Å². The molecule has 1 N–H and O–H groups in total. The first-order chi connectivity index (χ1) is 7.68. The van der Waals surface area contributed by atoms with Crippen LogP contribution in [0.2, 0.25) is 0 Å². The third-order valence-corrected chi connectivity index (χ3v) is 2.79. The Labute approximate surface area is 98.5 Å². The first kappa shape index (κ1) is 11.1. The van der Waals surface area contributed by atoms with E-state index < -0.39 is 0 Å². The van der Waals surface area contributed by atoms with Crippen LogP contribution in [0.5, 0.6) is 0 Å². The maximum absolute atomic E-state index is 5.23. The molecule has 0 radical (unpaired) electrons. The summed E-state index contributed by atoms with van der Waals surface area (Å²) in [6.45, 7) is 5.04. The highest BCUT2D eigenvalue weighted by Crippen LogP contribution is 2.14. The highest BCUT2D eigenvalue weighted by Gasteiger charge is 2.09. The van der Waals surface area contributed by atoms with Crippen LogP contribution in [0, 0.1) is 4.77 Å². The van der Waals surface area contributed by atoms with E-state index in [-0.39, 0.29) is 0 Å². The van der Waals surface area contributed by atoms with Gasteiger partial charge in [-0.15, -0.1) is 0 Å². The molecule has 0 aromatic carbocycles. The van der Waals surface area contributed by atoms with Crippen LogP contribution in [-0.2, 0) is 13.0 Å². The summed E-state index contributed by atoms with van der Waals surface area (Å²) in [5, 5.41) is 3.57. The van der Waals surface area contributed by atoms with Crippen molar-refractivity contribution in [2.45, 2.75) is 32.7 Å². The monoisotopic (exact) mass is 238 g/mol. The van der Waals surface area contributed by atoms with Gasteiger partial charge in [0.05, 0.1) is 0 Å². The Balaban J connectivity index is 2.14. The van der Waals surface area contributed by atoms with Crippen LogP contribution < -0.4 is 0 Å². The second-order valence-electron chi connectivity index (χ2n) is 3.91. The van der Waals surface area contributed by atoms with Crippen LogP contribution in [0.4, 0.5) is 0 Å². The number of aromatic nitrogens is 4. The molecule has 0 aliphatic heterocycles. The van der Waals surface area contributed by atoms with Gasteiger partial charge >= 0.3 is 0 Å². The average Bonchev–Trinajstić information content (AvgIpc) is 2.84. The van der Waals surface area contributed by atoms with Crippen molar-refractivity contribution in [3.8, 4) is 0 Å². The van der Waals surface area contributed by atoms with Gasteiger partial charge in [0.2, 0.25) is 5.89 Å². The van der Waals surface area contributed by atoms with E-state index in [4.69, 9.17) is 16.7 Å². The fourth-order valence-electron chi connectivity index (χ4n) is 1.63. The zero-order valence-corrected chi connectivity index (χ0v) is 10.1. The lowest BCUT2D eigenvalue weighted by Crippen LogP contribution is -2.07. The van der Waals surface area contributed by atoms with Crippen molar-refractivity contribution < 1.29 is 4.52 Å².